The molecule has 0 unspecified atom stereocenters. The highest BCUT2D eigenvalue weighted by Gasteiger charge is 2.49. The third-order valence-corrected chi connectivity index (χ3v) is 9.17. The molecule has 0 bridgehead atoms. The molecule has 3 atom stereocenters. The number of rotatable bonds is 7. The van der Waals surface area contributed by atoms with Crippen molar-refractivity contribution in [2.75, 3.05) is 13.1 Å². The topological polar surface area (TPSA) is 127 Å². The monoisotopic (exact) mass is 640 g/mol. The van der Waals surface area contributed by atoms with Crippen molar-refractivity contribution >= 4 is 23.7 Å². The van der Waals surface area contributed by atoms with Crippen molar-refractivity contribution in [1.29, 1.82) is 0 Å². The fourth-order valence-electron chi connectivity index (χ4n) is 6.75. The number of amides is 3. The van der Waals surface area contributed by atoms with Crippen molar-refractivity contribution in [3.05, 3.63) is 106 Å². The van der Waals surface area contributed by atoms with Gasteiger partial charge in [-0.2, -0.15) is 0 Å². The quantitative estimate of drug-likeness (QED) is 0.379. The van der Waals surface area contributed by atoms with E-state index in [9.17, 15) is 24.0 Å². The second-order valence-electron chi connectivity index (χ2n) is 13.6. The van der Waals surface area contributed by atoms with Crippen LogP contribution in [0.1, 0.15) is 86.3 Å². The van der Waals surface area contributed by atoms with Crippen LogP contribution in [0.3, 0.4) is 0 Å². The van der Waals surface area contributed by atoms with Crippen LogP contribution < -0.4 is 16.2 Å². The van der Waals surface area contributed by atoms with E-state index in [1.807, 2.05) is 59.5 Å². The molecule has 1 fully saturated rings. The van der Waals surface area contributed by atoms with Gasteiger partial charge in [0.1, 0.15) is 17.2 Å². The second-order valence-corrected chi connectivity index (χ2v) is 13.6. The number of carbonyl (C=O) groups excluding carboxylic acids is 4. The largest absolute Gasteiger partial charge is 0.458 e. The number of esters is 1. The van der Waals surface area contributed by atoms with Crippen LogP contribution in [0.25, 0.3) is 0 Å². The molecule has 10 nitrogen and oxygen atoms in total. The maximum absolute atomic E-state index is 14.3. The van der Waals surface area contributed by atoms with Gasteiger partial charge in [-0.25, -0.2) is 4.79 Å². The minimum Gasteiger partial charge on any atom is -0.458 e. The summed E-state index contributed by atoms with van der Waals surface area (Å²) in [6.45, 7) is 7.90. The molecule has 248 valence electrons. The van der Waals surface area contributed by atoms with Gasteiger partial charge < -0.3 is 24.8 Å². The van der Waals surface area contributed by atoms with Crippen LogP contribution in [-0.4, -0.2) is 63.9 Å². The summed E-state index contributed by atoms with van der Waals surface area (Å²) in [7, 11) is 1.60. The Bertz CT molecular complexity index is 1700. The number of pyridine rings is 1. The molecule has 3 amide bonds. The molecule has 0 radical (unpaired) electrons. The number of piperidine rings is 1. The average molecular weight is 641 g/mol. The zero-order chi connectivity index (χ0) is 33.9. The maximum Gasteiger partial charge on any atom is 0.328 e. The molecule has 0 saturated carbocycles. The van der Waals surface area contributed by atoms with Crippen molar-refractivity contribution < 1.29 is 23.9 Å². The van der Waals surface area contributed by atoms with Crippen molar-refractivity contribution in [1.82, 2.24) is 20.1 Å². The first-order valence-electron chi connectivity index (χ1n) is 16.3. The number of benzene rings is 2. The van der Waals surface area contributed by atoms with Crippen LogP contribution in [-0.2, 0) is 31.6 Å². The van der Waals surface area contributed by atoms with Crippen molar-refractivity contribution in [3.8, 4) is 0 Å². The summed E-state index contributed by atoms with van der Waals surface area (Å²) in [4.78, 5) is 68.3. The molecule has 2 N–H and O–H groups in total. The smallest absolute Gasteiger partial charge is 0.328 e. The third kappa shape index (κ3) is 7.01. The zero-order valence-electron chi connectivity index (χ0n) is 27.7. The van der Waals surface area contributed by atoms with Gasteiger partial charge in [-0.1, -0.05) is 54.6 Å². The fraction of sp³-hybridized carbons (Fsp3) is 0.432. The van der Waals surface area contributed by atoms with Gasteiger partial charge in [-0.05, 0) is 82.2 Å². The highest BCUT2D eigenvalue weighted by molar-refractivity contribution is 5.97. The summed E-state index contributed by atoms with van der Waals surface area (Å²) in [6, 6.07) is 19.3. The summed E-state index contributed by atoms with van der Waals surface area (Å²) >= 11 is 0. The molecule has 2 aliphatic rings. The first kappa shape index (κ1) is 33.6. The Hall–Kier alpha value is -4.73. The van der Waals surface area contributed by atoms with E-state index in [1.54, 1.807) is 47.0 Å². The Labute approximate surface area is 275 Å². The Morgan fingerprint density at radius 1 is 0.915 bits per heavy atom. The van der Waals surface area contributed by atoms with Gasteiger partial charge in [0.25, 0.3) is 11.5 Å². The first-order chi connectivity index (χ1) is 22.3. The molecular formula is C37H44N4O6. The Morgan fingerprint density at radius 2 is 1.57 bits per heavy atom. The number of nitrogens with zero attached hydrogens (tertiary/aromatic N) is 2. The van der Waals surface area contributed by atoms with Gasteiger partial charge in [0.05, 0.1) is 11.3 Å². The molecule has 5 rings (SSSR count). The molecule has 2 aromatic carbocycles. The normalized spacial score (nSPS) is 20.4. The number of hydrogen-bond donors (Lipinski definition) is 2. The summed E-state index contributed by atoms with van der Waals surface area (Å²) in [5.41, 5.74) is 0.262. The van der Waals surface area contributed by atoms with Crippen LogP contribution in [0.4, 0.5) is 0 Å². The molecule has 1 aliphatic heterocycles. The molecule has 1 aromatic heterocycles. The standard InChI is InChI=1S/C37H44N4O6/c1-24(34(45)47-36(2,3)4)38-35(46)37(25-12-7-6-8-13-25)20-17-28(27-14-9-10-16-30(27)37)33(44)41-22-18-26(19-23-41)39-31(42)29-15-11-21-40(5)32(29)43/h6-16,21,24,26,28H,17-20,22-23H2,1-5H3,(H,38,46)(H,39,42)/t24-,28+,37-/m1/s1. The van der Waals surface area contributed by atoms with Gasteiger partial charge in [0.2, 0.25) is 11.8 Å². The van der Waals surface area contributed by atoms with E-state index in [4.69, 9.17) is 4.74 Å². The van der Waals surface area contributed by atoms with Crippen LogP contribution in [0.15, 0.2) is 77.7 Å². The van der Waals surface area contributed by atoms with Gasteiger partial charge in [-0.3, -0.25) is 19.2 Å². The SMILES string of the molecule is C[C@@H](NC(=O)[C@@]1(c2ccccc2)CC[C@H](C(=O)N2CCC(NC(=O)c3cccn(C)c3=O)CC2)c2ccccc21)C(=O)OC(C)(C)C. The molecule has 47 heavy (non-hydrogen) atoms. The molecule has 1 aliphatic carbocycles. The van der Waals surface area contributed by atoms with Crippen molar-refractivity contribution in [3.63, 3.8) is 0 Å². The number of likely N-dealkylation sites (tertiary alicyclic amines) is 1. The van der Waals surface area contributed by atoms with E-state index < -0.39 is 34.9 Å². The molecule has 10 heteroatoms. The lowest BCUT2D eigenvalue weighted by Crippen LogP contribution is -2.54. The molecular weight excluding hydrogens is 596 g/mol. The van der Waals surface area contributed by atoms with E-state index in [1.165, 1.54) is 10.6 Å². The Balaban J connectivity index is 1.35. The number of carbonyl (C=O) groups is 4. The lowest BCUT2D eigenvalue weighted by Gasteiger charge is -2.43. The second kappa shape index (κ2) is 13.6. The van der Waals surface area contributed by atoms with E-state index in [0.29, 0.717) is 38.8 Å². The number of aryl methyl sites for hydroxylation is 1. The van der Waals surface area contributed by atoms with E-state index >= 15 is 0 Å². The number of fused-ring (bicyclic) bond motifs is 1. The summed E-state index contributed by atoms with van der Waals surface area (Å²) < 4.78 is 6.90. The molecule has 1 saturated heterocycles. The third-order valence-electron chi connectivity index (χ3n) is 9.17. The molecule has 2 heterocycles. The van der Waals surface area contributed by atoms with E-state index in [2.05, 4.69) is 10.6 Å². The summed E-state index contributed by atoms with van der Waals surface area (Å²) in [5.74, 6) is -1.70. The average Bonchev–Trinajstić information content (AvgIpc) is 3.05. The predicted octanol–water partition coefficient (Wildman–Crippen LogP) is 3.82. The fourth-order valence-corrected chi connectivity index (χ4v) is 6.75. The minimum absolute atomic E-state index is 0.0108. The summed E-state index contributed by atoms with van der Waals surface area (Å²) in [6.07, 6.45) is 3.55. The van der Waals surface area contributed by atoms with Crippen molar-refractivity contribution in [2.45, 2.75) is 82.4 Å². The van der Waals surface area contributed by atoms with Gasteiger partial charge in [0.15, 0.2) is 0 Å². The highest BCUT2D eigenvalue weighted by Crippen LogP contribution is 2.48. The minimum atomic E-state index is -1.11. The zero-order valence-corrected chi connectivity index (χ0v) is 27.7. The number of hydrogen-bond acceptors (Lipinski definition) is 6. The van der Waals surface area contributed by atoms with E-state index in [0.717, 1.165) is 16.7 Å². The maximum atomic E-state index is 14.3. The lowest BCUT2D eigenvalue weighted by molar-refractivity contribution is -0.158. The number of aromatic nitrogens is 1. The lowest BCUT2D eigenvalue weighted by atomic mass is 9.62. The Morgan fingerprint density at radius 3 is 2.26 bits per heavy atom. The Kier molecular flexibility index (Phi) is 9.70. The van der Waals surface area contributed by atoms with Crippen LogP contribution in [0, 0.1) is 0 Å². The first-order valence-corrected chi connectivity index (χ1v) is 16.3. The van der Waals surface area contributed by atoms with Gasteiger partial charge in [0, 0.05) is 32.4 Å². The predicted molar refractivity (Wildman–Crippen MR) is 178 cm³/mol. The van der Waals surface area contributed by atoms with Crippen LogP contribution in [0.2, 0.25) is 0 Å². The van der Waals surface area contributed by atoms with Gasteiger partial charge in [-0.15, -0.1) is 0 Å². The molecule has 0 spiro atoms. The summed E-state index contributed by atoms with van der Waals surface area (Å²) in [5, 5.41) is 5.90. The number of ether oxygens (including phenoxy) is 1. The van der Waals surface area contributed by atoms with Crippen molar-refractivity contribution in [2.24, 2.45) is 7.05 Å². The highest BCUT2D eigenvalue weighted by atomic mass is 16.6. The molecule has 3 aromatic rings. The van der Waals surface area contributed by atoms with E-state index in [-0.39, 0.29) is 29.0 Å². The van der Waals surface area contributed by atoms with Crippen LogP contribution in [0.5, 0.6) is 0 Å². The number of nitrogens with one attached hydrogen (secondary N) is 2. The van der Waals surface area contributed by atoms with Gasteiger partial charge >= 0.3 is 5.97 Å². The van der Waals surface area contributed by atoms with Crippen LogP contribution >= 0.6 is 0 Å².